The first-order chi connectivity index (χ1) is 20.4. The van der Waals surface area contributed by atoms with Crippen LogP contribution in [-0.4, -0.2) is 42.4 Å². The Kier molecular flexibility index (Phi) is 8.40. The Morgan fingerprint density at radius 3 is 2.42 bits per heavy atom. The summed E-state index contributed by atoms with van der Waals surface area (Å²) < 4.78 is 15.5. The van der Waals surface area contributed by atoms with E-state index in [1.54, 1.807) is 50.6 Å². The van der Waals surface area contributed by atoms with Gasteiger partial charge in [0, 0.05) is 47.4 Å². The lowest BCUT2D eigenvalue weighted by molar-refractivity contribution is -0.143. The number of anilines is 1. The number of aromatic nitrogens is 2. The monoisotopic (exact) mass is 618 g/mol. The summed E-state index contributed by atoms with van der Waals surface area (Å²) in [6, 6.07) is 14.7. The number of allylic oxidation sites excluding steroid dienone is 1. The number of esters is 1. The summed E-state index contributed by atoms with van der Waals surface area (Å²) in [5, 5.41) is 0.454. The number of carbonyl (C=O) groups excluding carboxylic acids is 1. The van der Waals surface area contributed by atoms with Gasteiger partial charge in [0.2, 0.25) is 0 Å². The largest absolute Gasteiger partial charge is 0.496 e. The molecule has 1 aliphatic rings. The molecule has 0 amide bonds. The molecule has 4 aromatic rings. The van der Waals surface area contributed by atoms with Gasteiger partial charge in [-0.2, -0.15) is 0 Å². The van der Waals surface area contributed by atoms with Crippen LogP contribution in [0, 0.1) is 13.8 Å². The maximum absolute atomic E-state index is 14.2. The number of ether oxygens (including phenoxy) is 2. The maximum atomic E-state index is 14.2. The van der Waals surface area contributed by atoms with Gasteiger partial charge in [-0.1, -0.05) is 22.9 Å². The first-order valence-corrected chi connectivity index (χ1v) is 15.1. The number of nitrogens with zero attached hydrogens (tertiary/aromatic N) is 4. The van der Waals surface area contributed by atoms with Crippen molar-refractivity contribution in [3.05, 3.63) is 107 Å². The molecule has 0 saturated carbocycles. The maximum Gasteiger partial charge on any atom is 0.338 e. The first-order valence-electron chi connectivity index (χ1n) is 13.9. The molecule has 3 heterocycles. The van der Waals surface area contributed by atoms with Crippen molar-refractivity contribution in [1.82, 2.24) is 9.13 Å². The lowest BCUT2D eigenvalue weighted by Crippen LogP contribution is -2.40. The second-order valence-electron chi connectivity index (χ2n) is 11.0. The van der Waals surface area contributed by atoms with Gasteiger partial charge in [-0.3, -0.25) is 9.36 Å². The summed E-state index contributed by atoms with van der Waals surface area (Å²) in [6.45, 7) is 9.41. The molecule has 10 heteroatoms. The number of halogens is 1. The smallest absolute Gasteiger partial charge is 0.338 e. The molecule has 0 bridgehead atoms. The summed E-state index contributed by atoms with van der Waals surface area (Å²) in [7, 11) is 5.57. The molecule has 0 radical (unpaired) electrons. The molecule has 2 aromatic heterocycles. The van der Waals surface area contributed by atoms with E-state index in [1.807, 2.05) is 34.0 Å². The number of hydrogen-bond donors (Lipinski definition) is 0. The molecular weight excluding hydrogens is 584 g/mol. The molecule has 1 atom stereocenters. The molecule has 0 fully saturated rings. The standard InChI is InChI=1S/C33H35ClN4O4S/c1-18(2)42-32(40)29-20(4)35-33-38(30(29)26-17-23(34)9-14-27(26)41-8)31(39)28(43-33)16-22-15-19(3)37(21(22)5)25-12-10-24(11-13-25)36(6)7/h9-18,30H,1-8H3/b28-16-/t30-/m0/s1. The van der Waals surface area contributed by atoms with E-state index in [1.165, 1.54) is 11.3 Å². The van der Waals surface area contributed by atoms with Crippen molar-refractivity contribution in [2.45, 2.75) is 46.8 Å². The first kappa shape index (κ1) is 30.4. The molecule has 1 aliphatic heterocycles. The topological polar surface area (TPSA) is 78.1 Å². The van der Waals surface area contributed by atoms with Crippen molar-refractivity contribution >= 4 is 40.7 Å². The fraction of sp³-hybridized carbons (Fsp3) is 0.303. The van der Waals surface area contributed by atoms with Gasteiger partial charge in [0.05, 0.1) is 29.0 Å². The van der Waals surface area contributed by atoms with E-state index in [4.69, 9.17) is 26.1 Å². The summed E-state index contributed by atoms with van der Waals surface area (Å²) in [4.78, 5) is 34.9. The molecular formula is C33H35ClN4O4S. The van der Waals surface area contributed by atoms with E-state index in [0.29, 0.717) is 31.4 Å². The predicted octanol–water partition coefficient (Wildman–Crippen LogP) is 5.32. The van der Waals surface area contributed by atoms with E-state index in [-0.39, 0.29) is 17.2 Å². The van der Waals surface area contributed by atoms with Crippen molar-refractivity contribution in [3.8, 4) is 11.4 Å². The van der Waals surface area contributed by atoms with Crippen molar-refractivity contribution in [1.29, 1.82) is 0 Å². The fourth-order valence-corrected chi connectivity index (χ4v) is 6.66. The van der Waals surface area contributed by atoms with Crippen LogP contribution in [0.25, 0.3) is 11.8 Å². The molecule has 2 aromatic carbocycles. The molecule has 8 nitrogen and oxygen atoms in total. The Morgan fingerprint density at radius 2 is 1.79 bits per heavy atom. The summed E-state index contributed by atoms with van der Waals surface area (Å²) >= 11 is 7.71. The molecule has 0 N–H and O–H groups in total. The average Bonchev–Trinajstić information content (AvgIpc) is 3.40. The Bertz CT molecular complexity index is 1930. The lowest BCUT2D eigenvalue weighted by atomic mass is 9.95. The molecule has 224 valence electrons. The van der Waals surface area contributed by atoms with Crippen molar-refractivity contribution in [2.24, 2.45) is 4.99 Å². The summed E-state index contributed by atoms with van der Waals surface area (Å²) in [5.41, 5.74) is 6.19. The third kappa shape index (κ3) is 5.67. The van der Waals surface area contributed by atoms with Crippen LogP contribution in [0.4, 0.5) is 5.69 Å². The number of carbonyl (C=O) groups is 1. The van der Waals surface area contributed by atoms with Crippen molar-refractivity contribution in [2.75, 3.05) is 26.1 Å². The minimum Gasteiger partial charge on any atom is -0.496 e. The van der Waals surface area contributed by atoms with Gasteiger partial charge in [0.15, 0.2) is 4.80 Å². The van der Waals surface area contributed by atoms with E-state index < -0.39 is 12.0 Å². The molecule has 43 heavy (non-hydrogen) atoms. The van der Waals surface area contributed by atoms with Crippen molar-refractivity contribution < 1.29 is 14.3 Å². The van der Waals surface area contributed by atoms with Crippen LogP contribution in [0.15, 0.2) is 69.6 Å². The number of methoxy groups -OCH3 is 1. The zero-order valence-electron chi connectivity index (χ0n) is 25.6. The Labute approximate surface area is 259 Å². The Morgan fingerprint density at radius 1 is 1.09 bits per heavy atom. The summed E-state index contributed by atoms with van der Waals surface area (Å²) in [5.74, 6) is -0.0428. The zero-order chi connectivity index (χ0) is 31.2. The van der Waals surface area contributed by atoms with Crippen LogP contribution in [0.5, 0.6) is 5.75 Å². The van der Waals surface area contributed by atoms with E-state index in [9.17, 15) is 9.59 Å². The van der Waals surface area contributed by atoms with Gasteiger partial charge < -0.3 is 18.9 Å². The molecule has 0 spiro atoms. The van der Waals surface area contributed by atoms with Crippen LogP contribution in [-0.2, 0) is 9.53 Å². The summed E-state index contributed by atoms with van der Waals surface area (Å²) in [6.07, 6.45) is 1.54. The van der Waals surface area contributed by atoms with E-state index in [0.717, 1.165) is 28.3 Å². The second kappa shape index (κ2) is 11.9. The van der Waals surface area contributed by atoms with Gasteiger partial charge in [-0.25, -0.2) is 9.79 Å². The van der Waals surface area contributed by atoms with Gasteiger partial charge in [-0.15, -0.1) is 0 Å². The van der Waals surface area contributed by atoms with Crippen LogP contribution >= 0.6 is 22.9 Å². The third-order valence-corrected chi connectivity index (χ3v) is 8.67. The molecule has 0 saturated heterocycles. The van der Waals surface area contributed by atoms with Crippen LogP contribution in [0.3, 0.4) is 0 Å². The van der Waals surface area contributed by atoms with Crippen molar-refractivity contribution in [3.63, 3.8) is 0 Å². The van der Waals surface area contributed by atoms with Crippen LogP contribution < -0.4 is 24.5 Å². The van der Waals surface area contributed by atoms with Gasteiger partial charge in [-0.05, 0) is 94.8 Å². The Balaban J connectivity index is 1.69. The van der Waals surface area contributed by atoms with Gasteiger partial charge >= 0.3 is 5.97 Å². The molecule has 0 unspecified atom stereocenters. The lowest BCUT2D eigenvalue weighted by Gasteiger charge is -2.26. The number of fused-ring (bicyclic) bond motifs is 1. The number of hydrogen-bond acceptors (Lipinski definition) is 7. The zero-order valence-corrected chi connectivity index (χ0v) is 27.1. The number of aryl methyl sites for hydroxylation is 1. The predicted molar refractivity (Wildman–Crippen MR) is 173 cm³/mol. The normalized spacial score (nSPS) is 15.0. The molecule has 5 rings (SSSR count). The van der Waals surface area contributed by atoms with Gasteiger partial charge in [0.25, 0.3) is 5.56 Å². The number of rotatable bonds is 7. The fourth-order valence-electron chi connectivity index (χ4n) is 5.45. The average molecular weight is 619 g/mol. The SMILES string of the molecule is COc1ccc(Cl)cc1[C@H]1C(C(=O)OC(C)C)=C(C)N=c2s/c(=C\c3cc(C)n(-c4ccc(N(C)C)cc4)c3C)c(=O)n21. The quantitative estimate of drug-likeness (QED) is 0.262. The van der Waals surface area contributed by atoms with E-state index in [2.05, 4.69) is 39.8 Å². The highest BCUT2D eigenvalue weighted by Gasteiger charge is 2.35. The van der Waals surface area contributed by atoms with E-state index >= 15 is 0 Å². The third-order valence-electron chi connectivity index (χ3n) is 7.45. The highest BCUT2D eigenvalue weighted by atomic mass is 35.5. The minimum absolute atomic E-state index is 0.265. The highest BCUT2D eigenvalue weighted by Crippen LogP contribution is 2.37. The van der Waals surface area contributed by atoms with Crippen LogP contribution in [0.1, 0.15) is 49.3 Å². The number of benzene rings is 2. The number of thiazole rings is 1. The second-order valence-corrected chi connectivity index (χ2v) is 12.4. The Hall–Kier alpha value is -4.08. The van der Waals surface area contributed by atoms with Gasteiger partial charge in [0.1, 0.15) is 11.8 Å². The minimum atomic E-state index is -0.832. The van der Waals surface area contributed by atoms with Crippen LogP contribution in [0.2, 0.25) is 5.02 Å². The molecule has 0 aliphatic carbocycles. The highest BCUT2D eigenvalue weighted by molar-refractivity contribution is 7.07.